The molecule has 0 aliphatic heterocycles. The molecule has 5 heteroatoms. The second kappa shape index (κ2) is 9.13. The molecule has 0 aliphatic rings. The minimum absolute atomic E-state index is 0.304. The van der Waals surface area contributed by atoms with Gasteiger partial charge in [-0.2, -0.15) is 0 Å². The Kier molecular flexibility index (Phi) is 5.94. The topological polar surface area (TPSA) is 64.6 Å². The van der Waals surface area contributed by atoms with E-state index in [4.69, 9.17) is 9.47 Å². The van der Waals surface area contributed by atoms with Crippen molar-refractivity contribution in [2.75, 3.05) is 5.32 Å². The minimum atomic E-state index is -0.967. The second-order valence-corrected chi connectivity index (χ2v) is 7.01. The second-order valence-electron chi connectivity index (χ2n) is 7.01. The molecule has 31 heavy (non-hydrogen) atoms. The van der Waals surface area contributed by atoms with E-state index in [1.165, 1.54) is 0 Å². The zero-order chi connectivity index (χ0) is 21.6. The van der Waals surface area contributed by atoms with Gasteiger partial charge in [0, 0.05) is 11.1 Å². The van der Waals surface area contributed by atoms with E-state index in [9.17, 15) is 9.59 Å². The maximum absolute atomic E-state index is 12.6. The van der Waals surface area contributed by atoms with E-state index in [1.54, 1.807) is 31.2 Å². The van der Waals surface area contributed by atoms with Crippen LogP contribution < -0.4 is 10.1 Å². The summed E-state index contributed by atoms with van der Waals surface area (Å²) in [5.41, 5.74) is 0.975. The molecule has 1 N–H and O–H groups in total. The largest absolute Gasteiger partial charge is 0.457 e. The first-order chi connectivity index (χ1) is 15.1. The average molecular weight is 411 g/mol. The van der Waals surface area contributed by atoms with Gasteiger partial charge >= 0.3 is 5.97 Å². The Labute approximate surface area is 180 Å². The van der Waals surface area contributed by atoms with E-state index >= 15 is 0 Å². The van der Waals surface area contributed by atoms with Crippen LogP contribution in [-0.4, -0.2) is 18.0 Å². The fourth-order valence-electron chi connectivity index (χ4n) is 3.16. The SMILES string of the molecule is C[C@@H](OC(=O)c1cccc(Oc2ccccc2)c1)C(=O)Nc1cccc2ccccc12. The molecule has 4 rings (SSSR count). The van der Waals surface area contributed by atoms with Gasteiger partial charge in [-0.25, -0.2) is 4.79 Å². The maximum atomic E-state index is 12.6. The number of nitrogens with one attached hydrogen (secondary N) is 1. The molecular formula is C26H21NO4. The van der Waals surface area contributed by atoms with Gasteiger partial charge in [-0.3, -0.25) is 4.79 Å². The Morgan fingerprint density at radius 3 is 2.29 bits per heavy atom. The fourth-order valence-corrected chi connectivity index (χ4v) is 3.16. The number of fused-ring (bicyclic) bond motifs is 1. The van der Waals surface area contributed by atoms with Crippen LogP contribution >= 0.6 is 0 Å². The molecule has 0 unspecified atom stereocenters. The number of hydrogen-bond donors (Lipinski definition) is 1. The molecule has 4 aromatic rings. The van der Waals surface area contributed by atoms with Crippen molar-refractivity contribution in [3.05, 3.63) is 103 Å². The van der Waals surface area contributed by atoms with Crippen molar-refractivity contribution in [2.45, 2.75) is 13.0 Å². The Morgan fingerprint density at radius 1 is 0.774 bits per heavy atom. The van der Waals surface area contributed by atoms with Crippen LogP contribution in [0.4, 0.5) is 5.69 Å². The van der Waals surface area contributed by atoms with Crippen LogP contribution in [0, 0.1) is 0 Å². The number of para-hydroxylation sites is 1. The van der Waals surface area contributed by atoms with Gasteiger partial charge in [0.1, 0.15) is 11.5 Å². The van der Waals surface area contributed by atoms with Crippen LogP contribution in [0.2, 0.25) is 0 Å². The van der Waals surface area contributed by atoms with E-state index in [2.05, 4.69) is 5.32 Å². The van der Waals surface area contributed by atoms with Gasteiger partial charge in [0.05, 0.1) is 5.56 Å². The molecular weight excluding hydrogens is 390 g/mol. The lowest BCUT2D eigenvalue weighted by Crippen LogP contribution is -2.30. The van der Waals surface area contributed by atoms with Crippen molar-refractivity contribution < 1.29 is 19.1 Å². The molecule has 154 valence electrons. The third-order valence-corrected chi connectivity index (χ3v) is 4.75. The van der Waals surface area contributed by atoms with Crippen molar-refractivity contribution in [1.29, 1.82) is 0 Å². The van der Waals surface area contributed by atoms with Crippen molar-refractivity contribution in [3.63, 3.8) is 0 Å². The van der Waals surface area contributed by atoms with Gasteiger partial charge in [0.25, 0.3) is 5.91 Å². The van der Waals surface area contributed by atoms with Gasteiger partial charge in [-0.05, 0) is 48.7 Å². The molecule has 0 aromatic heterocycles. The molecule has 0 spiro atoms. The molecule has 5 nitrogen and oxygen atoms in total. The van der Waals surface area contributed by atoms with E-state index in [1.807, 2.05) is 72.8 Å². The number of rotatable bonds is 6. The molecule has 1 atom stereocenters. The van der Waals surface area contributed by atoms with Gasteiger partial charge in [-0.1, -0.05) is 60.7 Å². The summed E-state index contributed by atoms with van der Waals surface area (Å²) in [6.45, 7) is 1.54. The first kappa shape index (κ1) is 20.2. The van der Waals surface area contributed by atoms with Crippen molar-refractivity contribution in [3.8, 4) is 11.5 Å². The molecule has 0 saturated heterocycles. The quantitative estimate of drug-likeness (QED) is 0.406. The molecule has 0 bridgehead atoms. The summed E-state index contributed by atoms with van der Waals surface area (Å²) in [4.78, 5) is 25.2. The lowest BCUT2D eigenvalue weighted by Gasteiger charge is -2.15. The molecule has 0 saturated carbocycles. The van der Waals surface area contributed by atoms with Crippen molar-refractivity contribution in [2.24, 2.45) is 0 Å². The highest BCUT2D eigenvalue weighted by Crippen LogP contribution is 2.24. The van der Waals surface area contributed by atoms with Crippen LogP contribution in [0.25, 0.3) is 10.8 Å². The molecule has 0 aliphatic carbocycles. The van der Waals surface area contributed by atoms with E-state index in [0.717, 1.165) is 10.8 Å². The first-order valence-corrected chi connectivity index (χ1v) is 9.93. The highest BCUT2D eigenvalue weighted by molar-refractivity contribution is 6.04. The number of benzene rings is 4. The number of hydrogen-bond acceptors (Lipinski definition) is 4. The Balaban J connectivity index is 1.42. The average Bonchev–Trinajstić information content (AvgIpc) is 2.80. The van der Waals surface area contributed by atoms with Gasteiger partial charge < -0.3 is 14.8 Å². The standard InChI is InChI=1S/C26H21NO4/c1-18(25(28)27-24-16-8-10-19-9-5-6-15-23(19)24)30-26(29)20-11-7-14-22(17-20)31-21-12-3-2-4-13-21/h2-18H,1H3,(H,27,28)/t18-/m1/s1. The van der Waals surface area contributed by atoms with Crippen molar-refractivity contribution in [1.82, 2.24) is 0 Å². The Hall–Kier alpha value is -4.12. The van der Waals surface area contributed by atoms with Crippen LogP contribution in [0.3, 0.4) is 0 Å². The first-order valence-electron chi connectivity index (χ1n) is 9.93. The normalized spacial score (nSPS) is 11.5. The van der Waals surface area contributed by atoms with E-state index in [0.29, 0.717) is 22.7 Å². The lowest BCUT2D eigenvalue weighted by molar-refractivity contribution is -0.123. The molecule has 0 fully saturated rings. The number of amides is 1. The molecule has 4 aromatic carbocycles. The Morgan fingerprint density at radius 2 is 1.45 bits per heavy atom. The molecule has 0 heterocycles. The predicted molar refractivity (Wildman–Crippen MR) is 120 cm³/mol. The zero-order valence-corrected chi connectivity index (χ0v) is 16.9. The predicted octanol–water partition coefficient (Wildman–Crippen LogP) is 5.82. The Bertz CT molecular complexity index is 1220. The summed E-state index contributed by atoms with van der Waals surface area (Å²) in [6, 6.07) is 29.3. The number of carbonyl (C=O) groups excluding carboxylic acids is 2. The van der Waals surface area contributed by atoms with Crippen LogP contribution in [0.15, 0.2) is 97.1 Å². The number of carbonyl (C=O) groups is 2. The number of esters is 1. The molecule has 1 amide bonds. The summed E-state index contributed by atoms with van der Waals surface area (Å²) < 4.78 is 11.1. The maximum Gasteiger partial charge on any atom is 0.339 e. The summed E-state index contributed by atoms with van der Waals surface area (Å²) in [5, 5.41) is 4.78. The fraction of sp³-hybridized carbons (Fsp3) is 0.0769. The van der Waals surface area contributed by atoms with Gasteiger partial charge in [-0.15, -0.1) is 0 Å². The third kappa shape index (κ3) is 4.90. The van der Waals surface area contributed by atoms with Crippen LogP contribution in [0.1, 0.15) is 17.3 Å². The van der Waals surface area contributed by atoms with Gasteiger partial charge in [0.15, 0.2) is 6.10 Å². The zero-order valence-electron chi connectivity index (χ0n) is 16.9. The van der Waals surface area contributed by atoms with E-state index < -0.39 is 18.0 Å². The number of ether oxygens (including phenoxy) is 2. The number of anilines is 1. The smallest absolute Gasteiger partial charge is 0.339 e. The summed E-state index contributed by atoms with van der Waals surface area (Å²) in [7, 11) is 0. The van der Waals surface area contributed by atoms with Crippen molar-refractivity contribution >= 4 is 28.3 Å². The highest BCUT2D eigenvalue weighted by atomic mass is 16.5. The highest BCUT2D eigenvalue weighted by Gasteiger charge is 2.20. The van der Waals surface area contributed by atoms with Gasteiger partial charge in [0.2, 0.25) is 0 Å². The summed E-state index contributed by atoms with van der Waals surface area (Å²) in [6.07, 6.45) is -0.967. The lowest BCUT2D eigenvalue weighted by atomic mass is 10.1. The van der Waals surface area contributed by atoms with Crippen LogP contribution in [0.5, 0.6) is 11.5 Å². The molecule has 0 radical (unpaired) electrons. The summed E-state index contributed by atoms with van der Waals surface area (Å²) in [5.74, 6) is 0.171. The minimum Gasteiger partial charge on any atom is -0.457 e. The summed E-state index contributed by atoms with van der Waals surface area (Å²) >= 11 is 0. The van der Waals surface area contributed by atoms with E-state index in [-0.39, 0.29) is 0 Å². The third-order valence-electron chi connectivity index (χ3n) is 4.75. The van der Waals surface area contributed by atoms with Crippen LogP contribution in [-0.2, 0) is 9.53 Å². The monoisotopic (exact) mass is 411 g/mol.